The van der Waals surface area contributed by atoms with Gasteiger partial charge in [-0.25, -0.2) is 0 Å². The van der Waals surface area contributed by atoms with Crippen molar-refractivity contribution in [3.05, 3.63) is 65.2 Å². The molecule has 1 atom stereocenters. The zero-order valence-corrected chi connectivity index (χ0v) is 18.7. The van der Waals surface area contributed by atoms with E-state index in [1.54, 1.807) is 12.0 Å². The maximum Gasteiger partial charge on any atom is 0.255 e. The molecule has 1 aliphatic heterocycles. The molecular weight excluding hydrogens is 388 g/mol. The molecule has 5 nitrogen and oxygen atoms in total. The number of benzene rings is 2. The minimum Gasteiger partial charge on any atom is -0.496 e. The van der Waals surface area contributed by atoms with Gasteiger partial charge in [0.1, 0.15) is 11.3 Å². The van der Waals surface area contributed by atoms with E-state index in [0.717, 1.165) is 42.6 Å². The second-order valence-electron chi connectivity index (χ2n) is 9.24. The van der Waals surface area contributed by atoms with Crippen LogP contribution in [0.15, 0.2) is 48.5 Å². The Morgan fingerprint density at radius 1 is 1.10 bits per heavy atom. The topological polar surface area (TPSA) is 58.6 Å². The summed E-state index contributed by atoms with van der Waals surface area (Å²) in [5, 5.41) is 3.28. The number of amides is 2. The summed E-state index contributed by atoms with van der Waals surface area (Å²) in [5.74, 6) is 1.26. The van der Waals surface area contributed by atoms with Crippen molar-refractivity contribution in [1.29, 1.82) is 0 Å². The number of methoxy groups -OCH3 is 1. The van der Waals surface area contributed by atoms with Crippen molar-refractivity contribution in [2.75, 3.05) is 7.11 Å². The standard InChI is InChI=1S/C26H32N2O3/c1-18-12-14-21(15-13-18)27-25(30)26(2)16-19-8-4-6-10-22(19)24(29)28(26)17-20-9-5-7-11-23(20)31-3/h4-11,18,21H,12-17H2,1-3H3,(H,27,30)/t18?,21?,26-/m1/s1. The van der Waals surface area contributed by atoms with Crippen LogP contribution in [0.1, 0.15) is 61.0 Å². The van der Waals surface area contributed by atoms with Crippen LogP contribution in [0.25, 0.3) is 0 Å². The number of para-hydroxylation sites is 1. The van der Waals surface area contributed by atoms with Crippen LogP contribution in [0, 0.1) is 5.92 Å². The van der Waals surface area contributed by atoms with E-state index in [2.05, 4.69) is 12.2 Å². The van der Waals surface area contributed by atoms with Gasteiger partial charge in [0, 0.05) is 23.6 Å². The fourth-order valence-electron chi connectivity index (χ4n) is 4.92. The second-order valence-corrected chi connectivity index (χ2v) is 9.24. The van der Waals surface area contributed by atoms with Crippen LogP contribution < -0.4 is 10.1 Å². The van der Waals surface area contributed by atoms with E-state index in [0.29, 0.717) is 24.4 Å². The van der Waals surface area contributed by atoms with Gasteiger partial charge in [-0.1, -0.05) is 43.3 Å². The summed E-state index contributed by atoms with van der Waals surface area (Å²) >= 11 is 0. The summed E-state index contributed by atoms with van der Waals surface area (Å²) in [6.45, 7) is 4.49. The molecule has 0 aromatic heterocycles. The number of ether oxygens (including phenoxy) is 1. The van der Waals surface area contributed by atoms with Crippen LogP contribution in [0.3, 0.4) is 0 Å². The maximum absolute atomic E-state index is 13.6. The molecule has 2 aromatic rings. The molecule has 4 rings (SSSR count). The minimum atomic E-state index is -0.963. The lowest BCUT2D eigenvalue weighted by Gasteiger charge is -2.45. The van der Waals surface area contributed by atoms with Gasteiger partial charge in [0.2, 0.25) is 5.91 Å². The number of fused-ring (bicyclic) bond motifs is 1. The molecule has 5 heteroatoms. The van der Waals surface area contributed by atoms with Gasteiger partial charge >= 0.3 is 0 Å². The van der Waals surface area contributed by atoms with Crippen molar-refractivity contribution in [3.8, 4) is 5.75 Å². The number of nitrogens with one attached hydrogen (secondary N) is 1. The highest BCUT2D eigenvalue weighted by molar-refractivity contribution is 6.02. The average Bonchev–Trinajstić information content (AvgIpc) is 2.78. The molecule has 0 spiro atoms. The average molecular weight is 421 g/mol. The first-order valence-electron chi connectivity index (χ1n) is 11.2. The molecular formula is C26H32N2O3. The SMILES string of the molecule is COc1ccccc1CN1C(=O)c2ccccc2C[C@]1(C)C(=O)NC1CCC(C)CC1. The van der Waals surface area contributed by atoms with E-state index in [4.69, 9.17) is 4.74 Å². The first-order valence-corrected chi connectivity index (χ1v) is 11.2. The van der Waals surface area contributed by atoms with Gasteiger partial charge in [0.05, 0.1) is 13.7 Å². The first kappa shape index (κ1) is 21.4. The number of hydrogen-bond donors (Lipinski definition) is 1. The van der Waals surface area contributed by atoms with Gasteiger partial charge < -0.3 is 15.0 Å². The van der Waals surface area contributed by atoms with Crippen molar-refractivity contribution in [3.63, 3.8) is 0 Å². The first-order chi connectivity index (χ1) is 14.9. The Kier molecular flexibility index (Phi) is 6.03. The van der Waals surface area contributed by atoms with E-state index >= 15 is 0 Å². The molecule has 2 amide bonds. The molecule has 0 saturated heterocycles. The molecule has 164 valence electrons. The summed E-state index contributed by atoms with van der Waals surface area (Å²) in [6, 6.07) is 15.5. The highest BCUT2D eigenvalue weighted by Crippen LogP contribution is 2.35. The monoisotopic (exact) mass is 420 g/mol. The summed E-state index contributed by atoms with van der Waals surface area (Å²) in [7, 11) is 1.63. The normalized spacial score (nSPS) is 25.6. The molecule has 31 heavy (non-hydrogen) atoms. The summed E-state index contributed by atoms with van der Waals surface area (Å²) in [5.41, 5.74) is 1.53. The Labute approximate surface area is 184 Å². The fraction of sp³-hybridized carbons (Fsp3) is 0.462. The molecule has 1 aliphatic carbocycles. The Hall–Kier alpha value is -2.82. The van der Waals surface area contributed by atoms with Gasteiger partial charge in [0.15, 0.2) is 0 Å². The lowest BCUT2D eigenvalue weighted by Crippen LogP contribution is -2.63. The van der Waals surface area contributed by atoms with E-state index in [1.807, 2.05) is 55.5 Å². The third kappa shape index (κ3) is 4.18. The third-order valence-electron chi connectivity index (χ3n) is 6.98. The van der Waals surface area contributed by atoms with E-state index < -0.39 is 5.54 Å². The molecule has 0 unspecified atom stereocenters. The number of hydrogen-bond acceptors (Lipinski definition) is 3. The van der Waals surface area contributed by atoms with Crippen molar-refractivity contribution in [1.82, 2.24) is 10.2 Å². The largest absolute Gasteiger partial charge is 0.496 e. The van der Waals surface area contributed by atoms with Crippen molar-refractivity contribution in [2.24, 2.45) is 5.92 Å². The van der Waals surface area contributed by atoms with Crippen LogP contribution in [0.2, 0.25) is 0 Å². The van der Waals surface area contributed by atoms with Crippen molar-refractivity contribution in [2.45, 2.75) is 64.1 Å². The number of nitrogens with zero attached hydrogens (tertiary/aromatic N) is 1. The number of carbonyl (C=O) groups is 2. The van der Waals surface area contributed by atoms with Gasteiger partial charge in [-0.3, -0.25) is 9.59 Å². The molecule has 0 radical (unpaired) electrons. The molecule has 2 aliphatic rings. The quantitative estimate of drug-likeness (QED) is 0.782. The highest BCUT2D eigenvalue weighted by atomic mass is 16.5. The van der Waals surface area contributed by atoms with Crippen molar-refractivity contribution < 1.29 is 14.3 Å². The molecule has 0 bridgehead atoms. The fourth-order valence-corrected chi connectivity index (χ4v) is 4.92. The molecule has 1 N–H and O–H groups in total. The zero-order valence-electron chi connectivity index (χ0n) is 18.7. The van der Waals surface area contributed by atoms with Crippen LogP contribution in [-0.4, -0.2) is 35.4 Å². The lowest BCUT2D eigenvalue weighted by atomic mass is 9.81. The Morgan fingerprint density at radius 2 is 1.77 bits per heavy atom. The maximum atomic E-state index is 13.6. The molecule has 1 fully saturated rings. The Morgan fingerprint density at radius 3 is 2.52 bits per heavy atom. The highest BCUT2D eigenvalue weighted by Gasteiger charge is 2.47. The lowest BCUT2D eigenvalue weighted by molar-refractivity contribution is -0.133. The van der Waals surface area contributed by atoms with Crippen LogP contribution in [0.5, 0.6) is 5.75 Å². The smallest absolute Gasteiger partial charge is 0.255 e. The minimum absolute atomic E-state index is 0.0650. The van der Waals surface area contributed by atoms with E-state index in [9.17, 15) is 9.59 Å². The van der Waals surface area contributed by atoms with Gasteiger partial charge in [-0.05, 0) is 56.2 Å². The molecule has 2 aromatic carbocycles. The van der Waals surface area contributed by atoms with Crippen molar-refractivity contribution >= 4 is 11.8 Å². The predicted molar refractivity (Wildman–Crippen MR) is 121 cm³/mol. The zero-order chi connectivity index (χ0) is 22.0. The van der Waals surface area contributed by atoms with Crippen LogP contribution in [0.4, 0.5) is 0 Å². The van der Waals surface area contributed by atoms with Crippen LogP contribution >= 0.6 is 0 Å². The third-order valence-corrected chi connectivity index (χ3v) is 6.98. The second kappa shape index (κ2) is 8.74. The summed E-state index contributed by atoms with van der Waals surface area (Å²) in [4.78, 5) is 29.0. The molecule has 1 heterocycles. The summed E-state index contributed by atoms with van der Waals surface area (Å²) < 4.78 is 5.51. The predicted octanol–water partition coefficient (Wildman–Crippen LogP) is 4.35. The summed E-state index contributed by atoms with van der Waals surface area (Å²) in [6.07, 6.45) is 4.77. The number of carbonyl (C=O) groups excluding carboxylic acids is 2. The Balaban J connectivity index is 1.66. The van der Waals surface area contributed by atoms with E-state index in [1.165, 1.54) is 0 Å². The van der Waals surface area contributed by atoms with Crippen LogP contribution in [-0.2, 0) is 17.8 Å². The van der Waals surface area contributed by atoms with Gasteiger partial charge in [-0.15, -0.1) is 0 Å². The van der Waals surface area contributed by atoms with E-state index in [-0.39, 0.29) is 17.9 Å². The van der Waals surface area contributed by atoms with Gasteiger partial charge in [-0.2, -0.15) is 0 Å². The van der Waals surface area contributed by atoms with Gasteiger partial charge in [0.25, 0.3) is 5.91 Å². The number of rotatable bonds is 5. The molecule has 1 saturated carbocycles. The Bertz CT molecular complexity index is 965.